The second-order valence-corrected chi connectivity index (χ2v) is 6.06. The van der Waals surface area contributed by atoms with Crippen LogP contribution in [0.3, 0.4) is 0 Å². The van der Waals surface area contributed by atoms with Crippen LogP contribution in [0.2, 0.25) is 0 Å². The Morgan fingerprint density at radius 2 is 1.71 bits per heavy atom. The number of rotatable bonds is 4. The van der Waals surface area contributed by atoms with Gasteiger partial charge in [0.2, 0.25) is 0 Å². The smallest absolute Gasteiger partial charge is 0.0349 e. The summed E-state index contributed by atoms with van der Waals surface area (Å²) >= 11 is 1.79. The summed E-state index contributed by atoms with van der Waals surface area (Å²) < 4.78 is 1.30. The molecule has 0 spiro atoms. The molecule has 0 bridgehead atoms. The van der Waals surface area contributed by atoms with Crippen LogP contribution in [0.25, 0.3) is 15.7 Å². The van der Waals surface area contributed by atoms with Crippen LogP contribution in [-0.2, 0) is 0 Å². The van der Waals surface area contributed by atoms with Crippen molar-refractivity contribution in [1.29, 1.82) is 0 Å². The van der Waals surface area contributed by atoms with Gasteiger partial charge >= 0.3 is 0 Å². The molecule has 1 atom stereocenters. The maximum absolute atomic E-state index is 6.27. The van der Waals surface area contributed by atoms with Crippen LogP contribution in [0, 0.1) is 0 Å². The number of nitrogens with two attached hydrogens (primary N) is 1. The molecule has 3 heteroatoms. The van der Waals surface area contributed by atoms with Crippen molar-refractivity contribution in [2.24, 2.45) is 5.73 Å². The average molecular weight is 316 g/mol. The first-order valence-electron chi connectivity index (χ1n) is 6.71. The maximum atomic E-state index is 6.27. The van der Waals surface area contributed by atoms with E-state index in [0.717, 1.165) is 17.6 Å². The third kappa shape index (κ3) is 3.53. The number of hydrogen-bond donors (Lipinski definition) is 1. The Hall–Kier alpha value is -1.61. The number of fused-ring (bicyclic) bond motifs is 1. The van der Waals surface area contributed by atoms with Gasteiger partial charge in [0.05, 0.1) is 0 Å². The molecular formula is C18H18ClNS. The highest BCUT2D eigenvalue weighted by Crippen LogP contribution is 2.33. The Kier molecular flexibility index (Phi) is 5.18. The van der Waals surface area contributed by atoms with E-state index in [1.54, 1.807) is 11.3 Å². The van der Waals surface area contributed by atoms with E-state index >= 15 is 0 Å². The Labute approximate surface area is 135 Å². The molecule has 0 aliphatic carbocycles. The molecule has 108 valence electrons. The number of benzene rings is 2. The summed E-state index contributed by atoms with van der Waals surface area (Å²) in [6, 6.07) is 20.8. The molecular weight excluding hydrogens is 298 g/mol. The zero-order valence-electron chi connectivity index (χ0n) is 11.7. The van der Waals surface area contributed by atoms with Gasteiger partial charge in [-0.25, -0.2) is 0 Å². The first-order valence-corrected chi connectivity index (χ1v) is 7.53. The van der Waals surface area contributed by atoms with E-state index in [2.05, 4.69) is 49.0 Å². The monoisotopic (exact) mass is 315 g/mol. The molecule has 0 amide bonds. The minimum Gasteiger partial charge on any atom is -0.324 e. The van der Waals surface area contributed by atoms with Crippen molar-refractivity contribution in [3.63, 3.8) is 0 Å². The molecule has 2 N–H and O–H groups in total. The highest BCUT2D eigenvalue weighted by Gasteiger charge is 2.11. The van der Waals surface area contributed by atoms with Crippen LogP contribution in [0.4, 0.5) is 0 Å². The zero-order valence-corrected chi connectivity index (χ0v) is 13.3. The standard InChI is InChI=1S/C18H17NS.ClH/c1-13(11-16(19)14-7-3-2-4-8-14)18-12-15-9-5-6-10-17(15)20-18;/h2-10,12,16H,1,11,19H2;1H. The molecule has 21 heavy (non-hydrogen) atoms. The molecule has 0 fully saturated rings. The lowest BCUT2D eigenvalue weighted by Crippen LogP contribution is -2.10. The van der Waals surface area contributed by atoms with Crippen molar-refractivity contribution in [3.05, 3.63) is 77.7 Å². The third-order valence-corrected chi connectivity index (χ3v) is 4.69. The van der Waals surface area contributed by atoms with E-state index in [1.165, 1.54) is 15.0 Å². The molecule has 0 saturated heterocycles. The Balaban J connectivity index is 0.00000161. The minimum atomic E-state index is 0. The minimum absolute atomic E-state index is 0. The van der Waals surface area contributed by atoms with Gasteiger partial charge < -0.3 is 5.73 Å². The lowest BCUT2D eigenvalue weighted by Gasteiger charge is -2.12. The molecule has 3 rings (SSSR count). The van der Waals surface area contributed by atoms with Gasteiger partial charge in [0.15, 0.2) is 0 Å². The van der Waals surface area contributed by atoms with Crippen LogP contribution >= 0.6 is 23.7 Å². The molecule has 0 aliphatic rings. The van der Waals surface area contributed by atoms with Crippen molar-refractivity contribution in [3.8, 4) is 0 Å². The van der Waals surface area contributed by atoms with E-state index in [0.29, 0.717) is 0 Å². The fourth-order valence-corrected chi connectivity index (χ4v) is 3.38. The van der Waals surface area contributed by atoms with E-state index in [-0.39, 0.29) is 18.4 Å². The van der Waals surface area contributed by atoms with Gasteiger partial charge in [-0.2, -0.15) is 0 Å². The van der Waals surface area contributed by atoms with Crippen molar-refractivity contribution in [2.45, 2.75) is 12.5 Å². The summed E-state index contributed by atoms with van der Waals surface area (Å²) in [7, 11) is 0. The van der Waals surface area contributed by atoms with Crippen molar-refractivity contribution >= 4 is 39.4 Å². The summed E-state index contributed by atoms with van der Waals surface area (Å²) in [5.74, 6) is 0. The molecule has 0 aliphatic heterocycles. The van der Waals surface area contributed by atoms with Crippen LogP contribution < -0.4 is 5.73 Å². The maximum Gasteiger partial charge on any atom is 0.0349 e. The normalized spacial score (nSPS) is 11.9. The number of hydrogen-bond acceptors (Lipinski definition) is 2. The molecule has 1 heterocycles. The lowest BCUT2D eigenvalue weighted by molar-refractivity contribution is 0.753. The van der Waals surface area contributed by atoms with E-state index in [1.807, 2.05) is 18.2 Å². The Morgan fingerprint density at radius 3 is 2.43 bits per heavy atom. The predicted octanol–water partition coefficient (Wildman–Crippen LogP) is 5.43. The topological polar surface area (TPSA) is 26.0 Å². The first kappa shape index (κ1) is 15.8. The quantitative estimate of drug-likeness (QED) is 0.683. The highest BCUT2D eigenvalue weighted by molar-refractivity contribution is 7.20. The van der Waals surface area contributed by atoms with Crippen LogP contribution in [-0.4, -0.2) is 0 Å². The number of halogens is 1. The molecule has 1 nitrogen and oxygen atoms in total. The molecule has 1 unspecified atom stereocenters. The predicted molar refractivity (Wildman–Crippen MR) is 96.1 cm³/mol. The first-order chi connectivity index (χ1) is 9.74. The molecule has 3 aromatic rings. The van der Waals surface area contributed by atoms with Crippen molar-refractivity contribution in [1.82, 2.24) is 0 Å². The van der Waals surface area contributed by atoms with Crippen LogP contribution in [0.5, 0.6) is 0 Å². The zero-order chi connectivity index (χ0) is 13.9. The van der Waals surface area contributed by atoms with Crippen molar-refractivity contribution < 1.29 is 0 Å². The summed E-state index contributed by atoms with van der Waals surface area (Å²) in [5.41, 5.74) is 8.55. The Morgan fingerprint density at radius 1 is 1.05 bits per heavy atom. The van der Waals surface area contributed by atoms with Gasteiger partial charge in [-0.1, -0.05) is 55.1 Å². The SMILES string of the molecule is C=C(CC(N)c1ccccc1)c1cc2ccccc2s1.Cl. The highest BCUT2D eigenvalue weighted by atomic mass is 35.5. The summed E-state index contributed by atoms with van der Waals surface area (Å²) in [6.07, 6.45) is 0.789. The van der Waals surface area contributed by atoms with E-state index in [4.69, 9.17) is 5.73 Å². The van der Waals surface area contributed by atoms with Crippen LogP contribution in [0.15, 0.2) is 67.2 Å². The second-order valence-electron chi connectivity index (χ2n) is 4.97. The fourth-order valence-electron chi connectivity index (χ4n) is 2.34. The largest absolute Gasteiger partial charge is 0.324 e. The Bertz CT molecular complexity index is 700. The second kappa shape index (κ2) is 6.90. The molecule has 2 aromatic carbocycles. The number of thiophene rings is 1. The van der Waals surface area contributed by atoms with Gasteiger partial charge in [0, 0.05) is 15.6 Å². The summed E-state index contributed by atoms with van der Waals surface area (Å²) in [4.78, 5) is 1.23. The fraction of sp³-hybridized carbons (Fsp3) is 0.111. The molecule has 0 radical (unpaired) electrons. The van der Waals surface area contributed by atoms with Gasteiger partial charge in [-0.3, -0.25) is 0 Å². The van der Waals surface area contributed by atoms with E-state index < -0.39 is 0 Å². The molecule has 1 aromatic heterocycles. The summed E-state index contributed by atoms with van der Waals surface area (Å²) in [6.45, 7) is 4.22. The van der Waals surface area contributed by atoms with Gasteiger partial charge in [0.1, 0.15) is 0 Å². The third-order valence-electron chi connectivity index (χ3n) is 3.47. The van der Waals surface area contributed by atoms with E-state index in [9.17, 15) is 0 Å². The van der Waals surface area contributed by atoms with Crippen LogP contribution in [0.1, 0.15) is 22.9 Å². The van der Waals surface area contributed by atoms with Gasteiger partial charge in [-0.05, 0) is 35.1 Å². The van der Waals surface area contributed by atoms with Gasteiger partial charge in [-0.15, -0.1) is 23.7 Å². The lowest BCUT2D eigenvalue weighted by atomic mass is 10.00. The summed E-state index contributed by atoms with van der Waals surface area (Å²) in [5, 5.41) is 1.28. The van der Waals surface area contributed by atoms with Crippen molar-refractivity contribution in [2.75, 3.05) is 0 Å². The van der Waals surface area contributed by atoms with Gasteiger partial charge in [0.25, 0.3) is 0 Å². The average Bonchev–Trinajstić information content (AvgIpc) is 2.92. The molecule has 0 saturated carbocycles.